The highest BCUT2D eigenvalue weighted by molar-refractivity contribution is 7.25. The standard InChI is InChI=1S/C66H35N5OS/c67-36-48-64(71-54-31-29-38-15-1-2-16-40(38)61(54)63-55(71)32-33-57-62(63)46-22-7-13-27-56(46)72-57)49(37-68)66(70-52-25-11-5-19-43(52)44-20-6-12-26-53(44)70)60(39-30-34-59-47(35-39)45-21-8-14-28-58(45)73-59)65(48)69-50-23-9-3-17-41(50)42-18-4-10-24-51(42)69/h1-35H. The van der Waals surface area contributed by atoms with E-state index in [1.165, 1.54) is 4.70 Å². The van der Waals surface area contributed by atoms with Crippen LogP contribution >= 0.6 is 11.3 Å². The fourth-order valence-corrected chi connectivity index (χ4v) is 13.5. The van der Waals surface area contributed by atoms with E-state index >= 15 is 0 Å². The average molecular weight is 946 g/mol. The Kier molecular flexibility index (Phi) is 8.09. The minimum absolute atomic E-state index is 0.377. The van der Waals surface area contributed by atoms with Crippen LogP contribution < -0.4 is 0 Å². The van der Waals surface area contributed by atoms with E-state index in [-0.39, 0.29) is 0 Å². The number of thiophene rings is 1. The van der Waals surface area contributed by atoms with Crippen molar-refractivity contribution < 1.29 is 4.42 Å². The van der Waals surface area contributed by atoms with Crippen LogP contribution in [0.4, 0.5) is 0 Å². The second kappa shape index (κ2) is 14.8. The zero-order valence-corrected chi connectivity index (χ0v) is 39.6. The molecule has 0 N–H and O–H groups in total. The molecule has 0 spiro atoms. The van der Waals surface area contributed by atoms with E-state index in [2.05, 4.69) is 220 Å². The van der Waals surface area contributed by atoms with E-state index in [0.717, 1.165) is 125 Å². The highest BCUT2D eigenvalue weighted by Crippen LogP contribution is 2.51. The molecule has 0 fully saturated rings. The van der Waals surface area contributed by atoms with Gasteiger partial charge in [-0.05, 0) is 83.1 Å². The fraction of sp³-hybridized carbons (Fsp3) is 0. The molecule has 0 saturated carbocycles. The third-order valence-electron chi connectivity index (χ3n) is 15.3. The number of nitriles is 2. The molecule has 0 bridgehead atoms. The van der Waals surface area contributed by atoms with Gasteiger partial charge in [-0.3, -0.25) is 0 Å². The summed E-state index contributed by atoms with van der Waals surface area (Å²) in [5, 5.41) is 37.6. The molecule has 0 aliphatic rings. The summed E-state index contributed by atoms with van der Waals surface area (Å²) in [5.74, 6) is 0. The van der Waals surface area contributed by atoms with Gasteiger partial charge in [0.2, 0.25) is 0 Å². The van der Waals surface area contributed by atoms with E-state index in [1.807, 2.05) is 18.2 Å². The number of furan rings is 1. The third kappa shape index (κ3) is 5.28. The van der Waals surface area contributed by atoms with Crippen LogP contribution in [0.2, 0.25) is 0 Å². The zero-order valence-electron chi connectivity index (χ0n) is 38.8. The smallest absolute Gasteiger partial charge is 0.136 e. The van der Waals surface area contributed by atoms with Gasteiger partial charge in [-0.1, -0.05) is 146 Å². The summed E-state index contributed by atoms with van der Waals surface area (Å²) in [5.41, 5.74) is 11.4. The summed E-state index contributed by atoms with van der Waals surface area (Å²) < 4.78 is 15.8. The quantitative estimate of drug-likeness (QED) is 0.176. The maximum Gasteiger partial charge on any atom is 0.136 e. The van der Waals surface area contributed by atoms with Gasteiger partial charge in [0.1, 0.15) is 34.4 Å². The van der Waals surface area contributed by atoms with Gasteiger partial charge in [-0.25, -0.2) is 0 Å². The summed E-state index contributed by atoms with van der Waals surface area (Å²) in [6.45, 7) is 0. The molecule has 5 heterocycles. The molecule has 11 aromatic carbocycles. The van der Waals surface area contributed by atoms with Gasteiger partial charge in [0.25, 0.3) is 0 Å². The molecule has 0 saturated heterocycles. The van der Waals surface area contributed by atoms with Crippen LogP contribution in [-0.2, 0) is 0 Å². The first-order valence-corrected chi connectivity index (χ1v) is 25.2. The number of aromatic nitrogens is 3. The predicted octanol–water partition coefficient (Wildman–Crippen LogP) is 17.8. The number of hydrogen-bond acceptors (Lipinski definition) is 4. The monoisotopic (exact) mass is 945 g/mol. The maximum absolute atomic E-state index is 12.5. The maximum atomic E-state index is 12.5. The van der Waals surface area contributed by atoms with Crippen LogP contribution in [0.5, 0.6) is 0 Å². The van der Waals surface area contributed by atoms with Crippen LogP contribution in [0.15, 0.2) is 217 Å². The van der Waals surface area contributed by atoms with Crippen LogP contribution in [-0.4, -0.2) is 13.7 Å². The summed E-state index contributed by atoms with van der Waals surface area (Å²) in [7, 11) is 0. The average Bonchev–Trinajstić information content (AvgIpc) is 4.29. The molecule has 73 heavy (non-hydrogen) atoms. The Bertz CT molecular complexity index is 4940. The van der Waals surface area contributed by atoms with Crippen LogP contribution in [0.3, 0.4) is 0 Å². The highest BCUT2D eigenvalue weighted by Gasteiger charge is 2.34. The van der Waals surface area contributed by atoms with E-state index in [0.29, 0.717) is 28.2 Å². The van der Waals surface area contributed by atoms with Crippen molar-refractivity contribution in [3.63, 3.8) is 0 Å². The summed E-state index contributed by atoms with van der Waals surface area (Å²) in [4.78, 5) is 0. The number of para-hydroxylation sites is 5. The lowest BCUT2D eigenvalue weighted by atomic mass is 9.91. The lowest BCUT2D eigenvalue weighted by Crippen LogP contribution is -2.14. The van der Waals surface area contributed by atoms with Crippen LogP contribution in [0, 0.1) is 22.7 Å². The van der Waals surface area contributed by atoms with Gasteiger partial charge >= 0.3 is 0 Å². The van der Waals surface area contributed by atoms with Crippen molar-refractivity contribution in [2.75, 3.05) is 0 Å². The van der Waals surface area contributed by atoms with Crippen molar-refractivity contribution >= 4 is 130 Å². The Balaban J connectivity index is 1.21. The second-order valence-corrected chi connectivity index (χ2v) is 20.0. The first-order chi connectivity index (χ1) is 36.2. The van der Waals surface area contributed by atoms with Gasteiger partial charge in [0.05, 0.1) is 50.2 Å². The Labute approximate surface area is 419 Å². The third-order valence-corrected chi connectivity index (χ3v) is 16.5. The molecule has 6 nitrogen and oxygen atoms in total. The molecule has 0 aliphatic heterocycles. The zero-order chi connectivity index (χ0) is 48.1. The second-order valence-electron chi connectivity index (χ2n) is 18.9. The van der Waals surface area contributed by atoms with Crippen LogP contribution in [0.1, 0.15) is 11.1 Å². The van der Waals surface area contributed by atoms with E-state index in [1.54, 1.807) is 11.3 Å². The summed E-state index contributed by atoms with van der Waals surface area (Å²) >= 11 is 1.77. The molecule has 0 aliphatic carbocycles. The fourth-order valence-electron chi connectivity index (χ4n) is 12.4. The molecule has 7 heteroatoms. The predicted molar refractivity (Wildman–Crippen MR) is 302 cm³/mol. The number of hydrogen-bond donors (Lipinski definition) is 0. The van der Waals surface area contributed by atoms with Gasteiger partial charge in [-0.15, -0.1) is 11.3 Å². The molecule has 5 aromatic heterocycles. The van der Waals surface area contributed by atoms with Crippen molar-refractivity contribution in [3.05, 3.63) is 223 Å². The Morgan fingerprint density at radius 1 is 0.342 bits per heavy atom. The van der Waals surface area contributed by atoms with E-state index in [4.69, 9.17) is 4.42 Å². The molecule has 0 atom stereocenters. The van der Waals surface area contributed by atoms with Gasteiger partial charge in [-0.2, -0.15) is 10.5 Å². The molecule has 336 valence electrons. The minimum atomic E-state index is 0.377. The Morgan fingerprint density at radius 3 is 1.44 bits per heavy atom. The largest absolute Gasteiger partial charge is 0.456 e. The van der Waals surface area contributed by atoms with Crippen molar-refractivity contribution in [1.29, 1.82) is 10.5 Å². The molecule has 0 amide bonds. The van der Waals surface area contributed by atoms with Crippen molar-refractivity contribution in [2.45, 2.75) is 0 Å². The topological polar surface area (TPSA) is 75.5 Å². The molecule has 0 unspecified atom stereocenters. The summed E-state index contributed by atoms with van der Waals surface area (Å²) in [6, 6.07) is 80.1. The SMILES string of the molecule is N#Cc1c(-n2c3ccccc3c3ccccc32)c(-c2ccc3sc4ccccc4c3c2)c(-n2c3ccccc3c3ccccc32)c(C#N)c1-n1c2ccc3ccccc3c2c2c3c(ccc21)oc1ccccc13. The minimum Gasteiger partial charge on any atom is -0.456 e. The van der Waals surface area contributed by atoms with Gasteiger partial charge in [0, 0.05) is 68.8 Å². The Hall–Kier alpha value is -9.92. The van der Waals surface area contributed by atoms with Gasteiger partial charge in [0.15, 0.2) is 0 Å². The molecular formula is C66H35N5OS. The Morgan fingerprint density at radius 2 is 0.822 bits per heavy atom. The van der Waals surface area contributed by atoms with Crippen LogP contribution in [0.25, 0.3) is 146 Å². The number of rotatable bonds is 4. The number of nitrogens with zero attached hydrogens (tertiary/aromatic N) is 5. The lowest BCUT2D eigenvalue weighted by molar-refractivity contribution is 0.669. The lowest BCUT2D eigenvalue weighted by Gasteiger charge is -2.26. The van der Waals surface area contributed by atoms with Crippen molar-refractivity contribution in [1.82, 2.24) is 13.7 Å². The molecule has 16 rings (SSSR count). The first kappa shape index (κ1) is 39.9. The summed E-state index contributed by atoms with van der Waals surface area (Å²) in [6.07, 6.45) is 0. The van der Waals surface area contributed by atoms with Crippen molar-refractivity contribution in [3.8, 4) is 40.3 Å². The van der Waals surface area contributed by atoms with E-state index < -0.39 is 0 Å². The molecule has 0 radical (unpaired) electrons. The van der Waals surface area contributed by atoms with Gasteiger partial charge < -0.3 is 18.1 Å². The normalized spacial score (nSPS) is 12.1. The van der Waals surface area contributed by atoms with Crippen molar-refractivity contribution in [2.24, 2.45) is 0 Å². The number of benzene rings is 11. The molecular weight excluding hydrogens is 911 g/mol. The molecule has 16 aromatic rings. The van der Waals surface area contributed by atoms with E-state index in [9.17, 15) is 10.5 Å². The first-order valence-electron chi connectivity index (χ1n) is 24.4. The number of fused-ring (bicyclic) bond motifs is 18. The highest BCUT2D eigenvalue weighted by atomic mass is 32.1.